The lowest BCUT2D eigenvalue weighted by Gasteiger charge is -2.34. The lowest BCUT2D eigenvalue weighted by Crippen LogP contribution is -2.39. The first kappa shape index (κ1) is 31.3. The van der Waals surface area contributed by atoms with E-state index in [9.17, 15) is 24.3 Å². The molecule has 2 aliphatic rings. The molecule has 0 saturated heterocycles. The van der Waals surface area contributed by atoms with Gasteiger partial charge >= 0.3 is 23.9 Å². The third-order valence-electron chi connectivity index (χ3n) is 6.95. The second kappa shape index (κ2) is 16.9. The molecule has 10 heteroatoms. The Labute approximate surface area is 224 Å². The van der Waals surface area contributed by atoms with Crippen molar-refractivity contribution in [1.82, 2.24) is 0 Å². The van der Waals surface area contributed by atoms with Crippen LogP contribution < -0.4 is 0 Å². The van der Waals surface area contributed by atoms with Gasteiger partial charge in [0.1, 0.15) is 18.3 Å². The van der Waals surface area contributed by atoms with Crippen molar-refractivity contribution in [2.45, 2.75) is 102 Å². The van der Waals surface area contributed by atoms with E-state index >= 15 is 0 Å². The molecule has 0 aromatic heterocycles. The van der Waals surface area contributed by atoms with Crippen molar-refractivity contribution >= 4 is 23.9 Å². The number of aliphatic hydroxyl groups is 1. The number of rotatable bonds is 15. The maximum atomic E-state index is 12.1. The van der Waals surface area contributed by atoms with Crippen LogP contribution in [-0.4, -0.2) is 66.6 Å². The molecule has 2 aliphatic carbocycles. The average Bonchev–Trinajstić information content (AvgIpc) is 2.91. The predicted molar refractivity (Wildman–Crippen MR) is 136 cm³/mol. The highest BCUT2D eigenvalue weighted by Crippen LogP contribution is 2.30. The third kappa shape index (κ3) is 11.2. The molecule has 0 heterocycles. The number of esters is 4. The van der Waals surface area contributed by atoms with E-state index in [-0.39, 0.29) is 68.3 Å². The van der Waals surface area contributed by atoms with Crippen LogP contribution >= 0.6 is 0 Å². The maximum absolute atomic E-state index is 12.1. The van der Waals surface area contributed by atoms with Gasteiger partial charge in [0.15, 0.2) is 0 Å². The van der Waals surface area contributed by atoms with Crippen molar-refractivity contribution in [3.05, 3.63) is 25.5 Å². The van der Waals surface area contributed by atoms with Crippen LogP contribution in [0.2, 0.25) is 0 Å². The fourth-order valence-corrected chi connectivity index (χ4v) is 4.78. The van der Waals surface area contributed by atoms with E-state index < -0.39 is 24.3 Å². The number of hydrogen-bond donors (Lipinski definition) is 1. The first-order valence-corrected chi connectivity index (χ1v) is 13.5. The van der Waals surface area contributed by atoms with Crippen molar-refractivity contribution < 1.29 is 48.0 Å². The van der Waals surface area contributed by atoms with Gasteiger partial charge in [0, 0.05) is 25.3 Å². The van der Waals surface area contributed by atoms with E-state index in [1.54, 1.807) is 6.92 Å². The second-order valence-corrected chi connectivity index (χ2v) is 9.90. The lowest BCUT2D eigenvalue weighted by molar-refractivity contribution is -0.160. The average molecular weight is 539 g/mol. The van der Waals surface area contributed by atoms with E-state index in [0.717, 1.165) is 12.5 Å². The topological polar surface area (TPSA) is 135 Å². The number of aliphatic hydroxyl groups excluding tert-OH is 1. The van der Waals surface area contributed by atoms with E-state index in [4.69, 9.17) is 23.7 Å². The fourth-order valence-electron chi connectivity index (χ4n) is 4.78. The van der Waals surface area contributed by atoms with Crippen LogP contribution in [0.15, 0.2) is 25.5 Å². The molecule has 214 valence electrons. The van der Waals surface area contributed by atoms with E-state index in [1.807, 2.05) is 0 Å². The normalized spacial score (nSPS) is 26.9. The minimum Gasteiger partial charge on any atom is -0.495 e. The van der Waals surface area contributed by atoms with Crippen molar-refractivity contribution in [2.24, 2.45) is 11.8 Å². The summed E-state index contributed by atoms with van der Waals surface area (Å²) in [6.07, 6.45) is 5.71. The van der Waals surface area contributed by atoms with Crippen LogP contribution in [0.5, 0.6) is 0 Å². The van der Waals surface area contributed by atoms with E-state index in [0.29, 0.717) is 44.9 Å². The van der Waals surface area contributed by atoms with Gasteiger partial charge in [0.25, 0.3) is 0 Å². The Kier molecular flexibility index (Phi) is 13.9. The quantitative estimate of drug-likeness (QED) is 0.108. The summed E-state index contributed by atoms with van der Waals surface area (Å²) in [4.78, 5) is 47.2. The molecule has 6 unspecified atom stereocenters. The molecule has 0 aromatic rings. The summed E-state index contributed by atoms with van der Waals surface area (Å²) < 4.78 is 26.8. The Bertz CT molecular complexity index is 809. The number of carbonyl (C=O) groups excluding carboxylic acids is 4. The number of hydrogen-bond acceptors (Lipinski definition) is 10. The highest BCUT2D eigenvalue weighted by molar-refractivity contribution is 5.81. The summed E-state index contributed by atoms with van der Waals surface area (Å²) in [6, 6.07) is 0. The lowest BCUT2D eigenvalue weighted by atomic mass is 9.85. The van der Waals surface area contributed by atoms with Crippen LogP contribution in [0.4, 0.5) is 0 Å². The molecule has 0 aliphatic heterocycles. The molecule has 38 heavy (non-hydrogen) atoms. The summed E-state index contributed by atoms with van der Waals surface area (Å²) in [5.74, 6) is -1.38. The number of unbranched alkanes of at least 4 members (excludes halogenated alkanes) is 1. The van der Waals surface area contributed by atoms with Gasteiger partial charge in [-0.3, -0.25) is 14.4 Å². The Morgan fingerprint density at radius 1 is 0.789 bits per heavy atom. The van der Waals surface area contributed by atoms with Gasteiger partial charge in [-0.15, -0.1) is 0 Å². The second-order valence-electron chi connectivity index (χ2n) is 9.90. The summed E-state index contributed by atoms with van der Waals surface area (Å²) >= 11 is 0. The molecule has 6 atom stereocenters. The molecular formula is C28H42O10. The van der Waals surface area contributed by atoms with Crippen molar-refractivity contribution in [3.8, 4) is 0 Å². The zero-order valence-electron chi connectivity index (χ0n) is 22.3. The van der Waals surface area contributed by atoms with E-state index in [1.165, 1.54) is 6.26 Å². The first-order chi connectivity index (χ1) is 18.2. The zero-order valence-corrected chi connectivity index (χ0v) is 22.3. The molecule has 1 N–H and O–H groups in total. The standard InChI is InChI=1S/C28H42O10/c1-4-25(30)37-22-13-11-19(15-21(22)29)17-35-27(32)9-7-8-10-28(33)36-18-20-12-14-23(38-26(31)5-2)24(16-20)34-6-3/h5-6,19-24,29H,2-4,7-18H2,1H3. The molecule has 2 rings (SSSR count). The first-order valence-electron chi connectivity index (χ1n) is 13.5. The van der Waals surface area contributed by atoms with Crippen molar-refractivity contribution in [3.63, 3.8) is 0 Å². The van der Waals surface area contributed by atoms with Gasteiger partial charge in [-0.05, 0) is 63.2 Å². The molecule has 0 aromatic carbocycles. The minimum absolute atomic E-state index is 0.0288. The van der Waals surface area contributed by atoms with Crippen molar-refractivity contribution in [1.29, 1.82) is 0 Å². The van der Waals surface area contributed by atoms with Crippen LogP contribution in [0.25, 0.3) is 0 Å². The third-order valence-corrected chi connectivity index (χ3v) is 6.95. The smallest absolute Gasteiger partial charge is 0.330 e. The van der Waals surface area contributed by atoms with Gasteiger partial charge in [0.2, 0.25) is 0 Å². The van der Waals surface area contributed by atoms with Gasteiger partial charge in [0.05, 0.1) is 25.6 Å². The summed E-state index contributed by atoms with van der Waals surface area (Å²) in [7, 11) is 0. The molecule has 0 radical (unpaired) electrons. The SMILES string of the molecule is C=COC1CC(COC(=O)CCCCC(=O)OCC2CCC(OC(=O)CC)C(O)C2)CCC1OC(=O)C=C. The largest absolute Gasteiger partial charge is 0.495 e. The Morgan fingerprint density at radius 2 is 1.37 bits per heavy atom. The van der Waals surface area contributed by atoms with E-state index in [2.05, 4.69) is 13.2 Å². The van der Waals surface area contributed by atoms with Crippen LogP contribution in [-0.2, 0) is 42.9 Å². The zero-order chi connectivity index (χ0) is 27.9. The van der Waals surface area contributed by atoms with Gasteiger partial charge in [-0.1, -0.05) is 20.1 Å². The van der Waals surface area contributed by atoms with Crippen LogP contribution in [0.3, 0.4) is 0 Å². The highest BCUT2D eigenvalue weighted by Gasteiger charge is 2.34. The van der Waals surface area contributed by atoms with Gasteiger partial charge in [-0.25, -0.2) is 4.79 Å². The summed E-state index contributed by atoms with van der Waals surface area (Å²) in [5, 5.41) is 10.2. The predicted octanol–water partition coefficient (Wildman–Crippen LogP) is 3.54. The Morgan fingerprint density at radius 3 is 1.89 bits per heavy atom. The van der Waals surface area contributed by atoms with Crippen molar-refractivity contribution in [2.75, 3.05) is 13.2 Å². The molecule has 0 amide bonds. The molecular weight excluding hydrogens is 496 g/mol. The van der Waals surface area contributed by atoms with Crippen LogP contribution in [0, 0.1) is 11.8 Å². The molecule has 2 saturated carbocycles. The Balaban J connectivity index is 1.56. The molecule has 0 spiro atoms. The van der Waals surface area contributed by atoms with Gasteiger partial charge in [-0.2, -0.15) is 0 Å². The minimum atomic E-state index is -0.751. The van der Waals surface area contributed by atoms with Crippen LogP contribution in [0.1, 0.15) is 77.6 Å². The Hall–Kier alpha value is -2.88. The highest BCUT2D eigenvalue weighted by atomic mass is 16.6. The molecule has 10 nitrogen and oxygen atoms in total. The fraction of sp³-hybridized carbons (Fsp3) is 0.714. The summed E-state index contributed by atoms with van der Waals surface area (Å²) in [5.41, 5.74) is 0. The summed E-state index contributed by atoms with van der Waals surface area (Å²) in [6.45, 7) is 9.15. The molecule has 2 fully saturated rings. The number of ether oxygens (including phenoxy) is 5. The maximum Gasteiger partial charge on any atom is 0.330 e. The van der Waals surface area contributed by atoms with Gasteiger partial charge < -0.3 is 28.8 Å². The monoisotopic (exact) mass is 538 g/mol. The molecule has 0 bridgehead atoms. The number of carbonyl (C=O) groups is 4.